The van der Waals surface area contributed by atoms with Crippen molar-refractivity contribution in [2.45, 2.75) is 0 Å². The van der Waals surface area contributed by atoms with Crippen LogP contribution in [0.1, 0.15) is 0 Å². The number of hydrogen-bond donors (Lipinski definition) is 1. The molecule has 0 aliphatic carbocycles. The van der Waals surface area contributed by atoms with Crippen LogP contribution in [0.2, 0.25) is 0 Å². The van der Waals surface area contributed by atoms with Crippen LogP contribution in [0.25, 0.3) is 22.4 Å². The first-order valence-electron chi connectivity index (χ1n) is 6.98. The van der Waals surface area contributed by atoms with Gasteiger partial charge in [-0.3, -0.25) is 4.79 Å². The number of carbonyl (C=O) groups is 1. The molecule has 0 spiro atoms. The number of carbonyl (C=O) groups excluding carboxylic acids is 1. The molecule has 4 rings (SSSR count). The number of nitrogens with zero attached hydrogens (tertiary/aromatic N) is 1. The molecule has 5 nitrogen and oxygen atoms in total. The van der Waals surface area contributed by atoms with Crippen molar-refractivity contribution in [3.63, 3.8) is 0 Å². The minimum Gasteiger partial charge on any atom is -0.482 e. The number of benzene rings is 2. The molecular formula is C17H11BrN2O3. The summed E-state index contributed by atoms with van der Waals surface area (Å²) in [6.07, 6.45) is 1.62. The second-order valence-electron chi connectivity index (χ2n) is 5.13. The van der Waals surface area contributed by atoms with Crippen molar-refractivity contribution >= 4 is 27.5 Å². The SMILES string of the molecule is O=C1COc2ccc(-c3nocc3-c3ccc(Br)cc3)cc2N1. The van der Waals surface area contributed by atoms with Gasteiger partial charge in [0.2, 0.25) is 0 Å². The van der Waals surface area contributed by atoms with E-state index in [9.17, 15) is 4.79 Å². The molecule has 0 radical (unpaired) electrons. The van der Waals surface area contributed by atoms with Crippen LogP contribution < -0.4 is 10.1 Å². The van der Waals surface area contributed by atoms with Crippen molar-refractivity contribution in [2.75, 3.05) is 11.9 Å². The van der Waals surface area contributed by atoms with Crippen molar-refractivity contribution in [3.05, 3.63) is 53.2 Å². The smallest absolute Gasteiger partial charge is 0.262 e. The lowest BCUT2D eigenvalue weighted by molar-refractivity contribution is -0.118. The zero-order chi connectivity index (χ0) is 15.8. The van der Waals surface area contributed by atoms with Crippen LogP contribution >= 0.6 is 15.9 Å². The summed E-state index contributed by atoms with van der Waals surface area (Å²) in [6.45, 7) is 0.0421. The third-order valence-electron chi connectivity index (χ3n) is 3.61. The Hall–Kier alpha value is -2.60. The summed E-state index contributed by atoms with van der Waals surface area (Å²) >= 11 is 3.43. The van der Waals surface area contributed by atoms with Crippen molar-refractivity contribution in [3.8, 4) is 28.1 Å². The lowest BCUT2D eigenvalue weighted by Gasteiger charge is -2.18. The van der Waals surface area contributed by atoms with Crippen LogP contribution in [-0.2, 0) is 4.79 Å². The van der Waals surface area contributed by atoms with Crippen molar-refractivity contribution in [1.82, 2.24) is 5.16 Å². The highest BCUT2D eigenvalue weighted by atomic mass is 79.9. The van der Waals surface area contributed by atoms with E-state index in [0.717, 1.165) is 26.9 Å². The van der Waals surface area contributed by atoms with Crippen LogP contribution in [0.5, 0.6) is 5.75 Å². The van der Waals surface area contributed by atoms with Crippen LogP contribution in [-0.4, -0.2) is 17.7 Å². The predicted molar refractivity (Wildman–Crippen MR) is 89.2 cm³/mol. The maximum Gasteiger partial charge on any atom is 0.262 e. The molecule has 0 saturated carbocycles. The highest BCUT2D eigenvalue weighted by Gasteiger charge is 2.19. The van der Waals surface area contributed by atoms with Crippen LogP contribution in [0.4, 0.5) is 5.69 Å². The molecule has 2 heterocycles. The topological polar surface area (TPSA) is 64.4 Å². The van der Waals surface area contributed by atoms with E-state index in [1.54, 1.807) is 6.26 Å². The molecule has 2 aromatic carbocycles. The summed E-state index contributed by atoms with van der Waals surface area (Å²) in [7, 11) is 0. The maximum absolute atomic E-state index is 11.5. The van der Waals surface area contributed by atoms with Crippen molar-refractivity contribution < 1.29 is 14.1 Å². The lowest BCUT2D eigenvalue weighted by atomic mass is 10.0. The van der Waals surface area contributed by atoms with E-state index in [4.69, 9.17) is 9.26 Å². The van der Waals surface area contributed by atoms with E-state index < -0.39 is 0 Å². The van der Waals surface area contributed by atoms with Gasteiger partial charge in [0.1, 0.15) is 17.7 Å². The van der Waals surface area contributed by atoms with E-state index in [-0.39, 0.29) is 12.5 Å². The van der Waals surface area contributed by atoms with Crippen LogP contribution in [0.15, 0.2) is 57.7 Å². The molecule has 114 valence electrons. The Balaban J connectivity index is 1.77. The van der Waals surface area contributed by atoms with Gasteiger partial charge in [-0.1, -0.05) is 33.2 Å². The molecule has 1 aliphatic rings. The van der Waals surface area contributed by atoms with Crippen LogP contribution in [0.3, 0.4) is 0 Å². The average Bonchev–Trinajstić information content (AvgIpc) is 3.04. The zero-order valence-corrected chi connectivity index (χ0v) is 13.5. The Bertz CT molecular complexity index is 887. The largest absolute Gasteiger partial charge is 0.482 e. The van der Waals surface area contributed by atoms with Gasteiger partial charge in [0, 0.05) is 15.6 Å². The minimum absolute atomic E-state index is 0.0421. The molecule has 0 unspecified atom stereocenters. The summed E-state index contributed by atoms with van der Waals surface area (Å²) in [4.78, 5) is 11.5. The molecule has 0 saturated heterocycles. The molecule has 1 N–H and O–H groups in total. The van der Waals surface area contributed by atoms with Gasteiger partial charge in [0.05, 0.1) is 5.69 Å². The number of ether oxygens (including phenoxy) is 1. The fourth-order valence-electron chi connectivity index (χ4n) is 2.51. The molecule has 0 fully saturated rings. The van der Waals surface area contributed by atoms with Gasteiger partial charge < -0.3 is 14.6 Å². The molecule has 0 bridgehead atoms. The van der Waals surface area contributed by atoms with E-state index in [0.29, 0.717) is 11.4 Å². The molecular weight excluding hydrogens is 360 g/mol. The predicted octanol–water partition coefficient (Wildman–Crippen LogP) is 4.10. The highest BCUT2D eigenvalue weighted by Crippen LogP contribution is 2.36. The first kappa shape index (κ1) is 14.0. The standard InChI is InChI=1S/C17H11BrN2O3/c18-12-4-1-10(2-5-12)13-8-23-20-17(13)11-3-6-15-14(7-11)19-16(21)9-22-15/h1-8H,9H2,(H,19,21). The fourth-order valence-corrected chi connectivity index (χ4v) is 2.77. The quantitative estimate of drug-likeness (QED) is 0.737. The number of rotatable bonds is 2. The van der Waals surface area contributed by atoms with Gasteiger partial charge in [-0.2, -0.15) is 0 Å². The summed E-state index contributed by atoms with van der Waals surface area (Å²) < 4.78 is 11.6. The average molecular weight is 371 g/mol. The molecule has 23 heavy (non-hydrogen) atoms. The van der Waals surface area contributed by atoms with E-state index >= 15 is 0 Å². The first-order valence-corrected chi connectivity index (χ1v) is 7.77. The second-order valence-corrected chi connectivity index (χ2v) is 6.05. The van der Waals surface area contributed by atoms with Crippen molar-refractivity contribution in [2.24, 2.45) is 0 Å². The lowest BCUT2D eigenvalue weighted by Crippen LogP contribution is -2.25. The summed E-state index contributed by atoms with van der Waals surface area (Å²) in [5.74, 6) is 0.491. The molecule has 1 amide bonds. The van der Waals surface area contributed by atoms with Gasteiger partial charge in [0.15, 0.2) is 6.61 Å². The Kier molecular flexibility index (Phi) is 3.38. The van der Waals surface area contributed by atoms with Gasteiger partial charge in [-0.15, -0.1) is 0 Å². The van der Waals surface area contributed by atoms with E-state index in [2.05, 4.69) is 26.4 Å². The van der Waals surface area contributed by atoms with Gasteiger partial charge in [0.25, 0.3) is 5.91 Å². The Morgan fingerprint density at radius 3 is 2.70 bits per heavy atom. The Morgan fingerprint density at radius 2 is 1.87 bits per heavy atom. The molecule has 1 aliphatic heterocycles. The zero-order valence-electron chi connectivity index (χ0n) is 11.9. The normalized spacial score (nSPS) is 13.2. The fraction of sp³-hybridized carbons (Fsp3) is 0.0588. The summed E-state index contributed by atoms with van der Waals surface area (Å²) in [6, 6.07) is 13.5. The van der Waals surface area contributed by atoms with E-state index in [1.165, 1.54) is 0 Å². The van der Waals surface area contributed by atoms with Gasteiger partial charge >= 0.3 is 0 Å². The molecule has 3 aromatic rings. The number of fused-ring (bicyclic) bond motifs is 1. The molecule has 6 heteroatoms. The summed E-state index contributed by atoms with van der Waals surface area (Å²) in [5.41, 5.74) is 4.10. The number of aromatic nitrogens is 1. The van der Waals surface area contributed by atoms with Crippen molar-refractivity contribution in [1.29, 1.82) is 0 Å². The first-order chi connectivity index (χ1) is 11.2. The number of halogens is 1. The molecule has 1 aromatic heterocycles. The monoisotopic (exact) mass is 370 g/mol. The summed E-state index contributed by atoms with van der Waals surface area (Å²) in [5, 5.41) is 6.91. The van der Waals surface area contributed by atoms with E-state index in [1.807, 2.05) is 42.5 Å². The van der Waals surface area contributed by atoms with Gasteiger partial charge in [-0.25, -0.2) is 0 Å². The Labute approximate surface area is 140 Å². The van der Waals surface area contributed by atoms with Gasteiger partial charge in [-0.05, 0) is 35.9 Å². The maximum atomic E-state index is 11.5. The Morgan fingerprint density at radius 1 is 1.09 bits per heavy atom. The number of anilines is 1. The second kappa shape index (κ2) is 5.55. The third-order valence-corrected chi connectivity index (χ3v) is 4.14. The highest BCUT2D eigenvalue weighted by molar-refractivity contribution is 9.10. The molecule has 0 atom stereocenters. The van der Waals surface area contributed by atoms with Crippen LogP contribution in [0, 0.1) is 0 Å². The number of nitrogens with one attached hydrogen (secondary N) is 1. The minimum atomic E-state index is -0.164. The third kappa shape index (κ3) is 2.61. The number of hydrogen-bond acceptors (Lipinski definition) is 4. The number of amides is 1.